The highest BCUT2D eigenvalue weighted by molar-refractivity contribution is 4.91. The van der Waals surface area contributed by atoms with Crippen LogP contribution in [0.5, 0.6) is 0 Å². The zero-order valence-electron chi connectivity index (χ0n) is 9.91. The van der Waals surface area contributed by atoms with Crippen molar-refractivity contribution in [3.05, 3.63) is 17.8 Å². The van der Waals surface area contributed by atoms with Crippen LogP contribution < -0.4 is 11.1 Å². The summed E-state index contributed by atoms with van der Waals surface area (Å²) < 4.78 is 5.44. The normalized spacial score (nSPS) is 25.9. The fourth-order valence-corrected chi connectivity index (χ4v) is 2.46. The molecule has 4 heteroatoms. The van der Waals surface area contributed by atoms with Gasteiger partial charge in [-0.15, -0.1) is 0 Å². The lowest BCUT2D eigenvalue weighted by Crippen LogP contribution is -2.41. The Balaban J connectivity index is 1.84. The summed E-state index contributed by atoms with van der Waals surface area (Å²) in [5.74, 6) is 2.26. The fraction of sp³-hybridized carbons (Fsp3) is 0.750. The predicted octanol–water partition coefficient (Wildman–Crippen LogP) is 1.59. The number of nitrogens with one attached hydrogen (secondary N) is 1. The van der Waals surface area contributed by atoms with Crippen LogP contribution in [0, 0.1) is 12.8 Å². The van der Waals surface area contributed by atoms with E-state index >= 15 is 0 Å². The van der Waals surface area contributed by atoms with Crippen LogP contribution in [-0.4, -0.2) is 17.6 Å². The van der Waals surface area contributed by atoms with Gasteiger partial charge in [0.1, 0.15) is 5.76 Å². The Kier molecular flexibility index (Phi) is 3.96. The SMILES string of the molecule is Cc1cnc(CNC2CCCCC2CN)o1. The Labute approximate surface area is 96.6 Å². The monoisotopic (exact) mass is 223 g/mol. The molecular weight excluding hydrogens is 202 g/mol. The first-order chi connectivity index (χ1) is 7.79. The minimum Gasteiger partial charge on any atom is -0.445 e. The molecule has 0 aliphatic heterocycles. The zero-order chi connectivity index (χ0) is 11.4. The summed E-state index contributed by atoms with van der Waals surface area (Å²) in [5, 5.41) is 3.52. The second-order valence-corrected chi connectivity index (χ2v) is 4.63. The number of nitrogens with two attached hydrogens (primary N) is 1. The fourth-order valence-electron chi connectivity index (χ4n) is 2.46. The van der Waals surface area contributed by atoms with Crippen molar-refractivity contribution in [1.29, 1.82) is 0 Å². The third-order valence-electron chi connectivity index (χ3n) is 3.40. The molecule has 2 unspecified atom stereocenters. The average Bonchev–Trinajstić information content (AvgIpc) is 2.73. The van der Waals surface area contributed by atoms with Gasteiger partial charge in [-0.2, -0.15) is 0 Å². The lowest BCUT2D eigenvalue weighted by Gasteiger charge is -2.31. The second kappa shape index (κ2) is 5.46. The van der Waals surface area contributed by atoms with Gasteiger partial charge >= 0.3 is 0 Å². The molecule has 1 heterocycles. The smallest absolute Gasteiger partial charge is 0.208 e. The Morgan fingerprint density at radius 1 is 1.50 bits per heavy atom. The van der Waals surface area contributed by atoms with Crippen LogP contribution >= 0.6 is 0 Å². The molecule has 90 valence electrons. The van der Waals surface area contributed by atoms with Crippen molar-refractivity contribution in [3.63, 3.8) is 0 Å². The molecule has 4 nitrogen and oxygen atoms in total. The number of hydrogen-bond acceptors (Lipinski definition) is 4. The topological polar surface area (TPSA) is 64.1 Å². The standard InChI is InChI=1S/C12H21N3O/c1-9-7-15-12(16-9)8-14-11-5-3-2-4-10(11)6-13/h7,10-11,14H,2-6,8,13H2,1H3. The van der Waals surface area contributed by atoms with Crippen molar-refractivity contribution in [1.82, 2.24) is 10.3 Å². The third kappa shape index (κ3) is 2.83. The number of aryl methyl sites for hydroxylation is 1. The van der Waals surface area contributed by atoms with Crippen molar-refractivity contribution in [2.45, 2.75) is 45.2 Å². The molecular formula is C12H21N3O. The van der Waals surface area contributed by atoms with Gasteiger partial charge in [-0.05, 0) is 32.2 Å². The van der Waals surface area contributed by atoms with Crippen molar-refractivity contribution in [3.8, 4) is 0 Å². The molecule has 0 amide bonds. The first-order valence-electron chi connectivity index (χ1n) is 6.14. The lowest BCUT2D eigenvalue weighted by atomic mass is 9.84. The van der Waals surface area contributed by atoms with E-state index in [0.717, 1.165) is 24.7 Å². The van der Waals surface area contributed by atoms with Gasteiger partial charge in [0.2, 0.25) is 5.89 Å². The van der Waals surface area contributed by atoms with E-state index in [1.807, 2.05) is 6.92 Å². The van der Waals surface area contributed by atoms with Gasteiger partial charge in [0, 0.05) is 6.04 Å². The van der Waals surface area contributed by atoms with Gasteiger partial charge in [0.15, 0.2) is 0 Å². The van der Waals surface area contributed by atoms with E-state index in [2.05, 4.69) is 10.3 Å². The molecule has 2 rings (SSSR count). The van der Waals surface area contributed by atoms with Gasteiger partial charge in [0.25, 0.3) is 0 Å². The van der Waals surface area contributed by atoms with E-state index in [1.54, 1.807) is 6.20 Å². The summed E-state index contributed by atoms with van der Waals surface area (Å²) in [7, 11) is 0. The Bertz CT molecular complexity index is 324. The van der Waals surface area contributed by atoms with Crippen LogP contribution in [0.2, 0.25) is 0 Å². The maximum Gasteiger partial charge on any atom is 0.208 e. The van der Waals surface area contributed by atoms with Crippen LogP contribution in [0.25, 0.3) is 0 Å². The number of rotatable bonds is 4. The van der Waals surface area contributed by atoms with Gasteiger partial charge in [-0.25, -0.2) is 4.98 Å². The second-order valence-electron chi connectivity index (χ2n) is 4.63. The lowest BCUT2D eigenvalue weighted by molar-refractivity contribution is 0.259. The van der Waals surface area contributed by atoms with Gasteiger partial charge in [-0.1, -0.05) is 12.8 Å². The number of hydrogen-bond donors (Lipinski definition) is 2. The van der Waals surface area contributed by atoms with Crippen LogP contribution in [0.15, 0.2) is 10.6 Å². The molecule has 1 aliphatic rings. The maximum absolute atomic E-state index is 5.79. The first kappa shape index (κ1) is 11.6. The Morgan fingerprint density at radius 3 is 3.00 bits per heavy atom. The summed E-state index contributed by atoms with van der Waals surface area (Å²) >= 11 is 0. The molecule has 0 radical (unpaired) electrons. The van der Waals surface area contributed by atoms with Crippen molar-refractivity contribution in [2.24, 2.45) is 11.7 Å². The molecule has 3 N–H and O–H groups in total. The molecule has 2 atom stereocenters. The number of aromatic nitrogens is 1. The quantitative estimate of drug-likeness (QED) is 0.813. The molecule has 1 aliphatic carbocycles. The van der Waals surface area contributed by atoms with E-state index in [9.17, 15) is 0 Å². The molecule has 1 saturated carbocycles. The summed E-state index contributed by atoms with van der Waals surface area (Å²) in [6, 6.07) is 0.533. The molecule has 1 aromatic heterocycles. The minimum atomic E-state index is 0.533. The van der Waals surface area contributed by atoms with E-state index in [1.165, 1.54) is 25.7 Å². The molecule has 0 aromatic carbocycles. The van der Waals surface area contributed by atoms with Crippen molar-refractivity contribution < 1.29 is 4.42 Å². The van der Waals surface area contributed by atoms with Gasteiger partial charge in [0.05, 0.1) is 12.7 Å². The summed E-state index contributed by atoms with van der Waals surface area (Å²) in [4.78, 5) is 4.19. The summed E-state index contributed by atoms with van der Waals surface area (Å²) in [6.07, 6.45) is 6.86. The van der Waals surface area contributed by atoms with Crippen molar-refractivity contribution in [2.75, 3.05) is 6.54 Å². The summed E-state index contributed by atoms with van der Waals surface area (Å²) in [6.45, 7) is 3.41. The average molecular weight is 223 g/mol. The minimum absolute atomic E-state index is 0.533. The molecule has 0 saturated heterocycles. The van der Waals surface area contributed by atoms with Gasteiger partial charge in [-0.3, -0.25) is 0 Å². The molecule has 16 heavy (non-hydrogen) atoms. The van der Waals surface area contributed by atoms with E-state index in [4.69, 9.17) is 10.2 Å². The van der Waals surface area contributed by atoms with Crippen LogP contribution in [-0.2, 0) is 6.54 Å². The summed E-state index contributed by atoms with van der Waals surface area (Å²) in [5.41, 5.74) is 5.79. The van der Waals surface area contributed by atoms with Crippen LogP contribution in [0.3, 0.4) is 0 Å². The van der Waals surface area contributed by atoms with E-state index in [-0.39, 0.29) is 0 Å². The van der Waals surface area contributed by atoms with Crippen LogP contribution in [0.4, 0.5) is 0 Å². The molecule has 1 aromatic rings. The maximum atomic E-state index is 5.79. The number of oxazole rings is 1. The largest absolute Gasteiger partial charge is 0.445 e. The van der Waals surface area contributed by atoms with Crippen molar-refractivity contribution >= 4 is 0 Å². The predicted molar refractivity (Wildman–Crippen MR) is 62.9 cm³/mol. The van der Waals surface area contributed by atoms with E-state index in [0.29, 0.717) is 12.0 Å². The molecule has 1 fully saturated rings. The highest BCUT2D eigenvalue weighted by Crippen LogP contribution is 2.23. The Morgan fingerprint density at radius 2 is 2.31 bits per heavy atom. The molecule has 0 bridgehead atoms. The first-order valence-corrected chi connectivity index (χ1v) is 6.14. The third-order valence-corrected chi connectivity index (χ3v) is 3.40. The highest BCUT2D eigenvalue weighted by atomic mass is 16.4. The Hall–Kier alpha value is -0.870. The molecule has 0 spiro atoms. The zero-order valence-corrected chi connectivity index (χ0v) is 9.91. The highest BCUT2D eigenvalue weighted by Gasteiger charge is 2.23. The van der Waals surface area contributed by atoms with E-state index < -0.39 is 0 Å². The van der Waals surface area contributed by atoms with Crippen LogP contribution in [0.1, 0.15) is 37.3 Å². The number of nitrogens with zero attached hydrogens (tertiary/aromatic N) is 1. The van der Waals surface area contributed by atoms with Gasteiger partial charge < -0.3 is 15.5 Å².